The highest BCUT2D eigenvalue weighted by Crippen LogP contribution is 2.27. The van der Waals surface area contributed by atoms with E-state index >= 15 is 0 Å². The molecule has 1 fully saturated rings. The Morgan fingerprint density at radius 2 is 2.04 bits per heavy atom. The first-order valence-electron chi connectivity index (χ1n) is 8.36. The fourth-order valence-corrected chi connectivity index (χ4v) is 4.62. The van der Waals surface area contributed by atoms with Crippen molar-refractivity contribution in [2.75, 3.05) is 24.5 Å². The zero-order valence-corrected chi connectivity index (χ0v) is 16.1. The summed E-state index contributed by atoms with van der Waals surface area (Å²) in [4.78, 5) is 24.5. The van der Waals surface area contributed by atoms with Gasteiger partial charge in [0.2, 0.25) is 0 Å². The van der Waals surface area contributed by atoms with Crippen LogP contribution in [0.3, 0.4) is 0 Å². The second kappa shape index (κ2) is 7.19. The summed E-state index contributed by atoms with van der Waals surface area (Å²) in [5, 5.41) is 6.23. The van der Waals surface area contributed by atoms with Gasteiger partial charge in [-0.05, 0) is 12.8 Å². The van der Waals surface area contributed by atoms with E-state index in [1.807, 2.05) is 0 Å². The van der Waals surface area contributed by atoms with Gasteiger partial charge in [0.15, 0.2) is 5.13 Å². The molecule has 7 heteroatoms. The number of carbonyl (C=O) groups is 1. The molecule has 5 nitrogen and oxygen atoms in total. The second-order valence-electron chi connectivity index (χ2n) is 7.10. The van der Waals surface area contributed by atoms with Gasteiger partial charge in [0.25, 0.3) is 5.91 Å². The summed E-state index contributed by atoms with van der Waals surface area (Å²) in [6.07, 6.45) is 3.28. The quantitative estimate of drug-likeness (QED) is 0.882. The molecule has 0 saturated carbocycles. The minimum absolute atomic E-state index is 0.0302. The van der Waals surface area contributed by atoms with Crippen molar-refractivity contribution in [3.8, 4) is 0 Å². The third-order valence-corrected chi connectivity index (χ3v) is 5.84. The van der Waals surface area contributed by atoms with Crippen LogP contribution in [0, 0.1) is 0 Å². The highest BCUT2D eigenvalue weighted by molar-refractivity contribution is 7.13. The van der Waals surface area contributed by atoms with Crippen LogP contribution in [0.1, 0.15) is 54.7 Å². The van der Waals surface area contributed by atoms with E-state index in [-0.39, 0.29) is 11.3 Å². The monoisotopic (exact) mass is 364 g/mol. The molecular formula is C17H24N4OS2. The van der Waals surface area contributed by atoms with E-state index < -0.39 is 0 Å². The molecule has 0 aromatic carbocycles. The van der Waals surface area contributed by atoms with Crippen molar-refractivity contribution in [3.63, 3.8) is 0 Å². The lowest BCUT2D eigenvalue weighted by molar-refractivity contribution is 0.0955. The summed E-state index contributed by atoms with van der Waals surface area (Å²) in [5.41, 5.74) is 3.56. The van der Waals surface area contributed by atoms with Crippen molar-refractivity contribution in [3.05, 3.63) is 27.2 Å². The molecule has 0 atom stereocenters. The summed E-state index contributed by atoms with van der Waals surface area (Å²) >= 11 is 3.11. The Morgan fingerprint density at radius 1 is 1.29 bits per heavy atom. The first-order chi connectivity index (χ1) is 11.4. The predicted octanol–water partition coefficient (Wildman–Crippen LogP) is 3.47. The number of aromatic nitrogens is 2. The maximum Gasteiger partial charge on any atom is 0.263 e. The van der Waals surface area contributed by atoms with Crippen molar-refractivity contribution in [2.24, 2.45) is 0 Å². The molecule has 0 radical (unpaired) electrons. The van der Waals surface area contributed by atoms with E-state index in [9.17, 15) is 4.79 Å². The minimum Gasteiger partial charge on any atom is -0.351 e. The Kier molecular flexibility index (Phi) is 5.20. The summed E-state index contributed by atoms with van der Waals surface area (Å²) < 4.78 is 0. The maximum absolute atomic E-state index is 12.4. The third kappa shape index (κ3) is 3.95. The maximum atomic E-state index is 12.4. The standard InChI is InChI=1S/C17H24N4OS2/c1-17(2,3)14-13(24-11-19-14)15(22)18-7-6-12-10-23-16(20-12)21-8-4-5-9-21/h10-11H,4-9H2,1-3H3,(H,18,22). The molecule has 130 valence electrons. The van der Waals surface area contributed by atoms with Gasteiger partial charge in [-0.3, -0.25) is 4.79 Å². The number of rotatable bonds is 5. The van der Waals surface area contributed by atoms with Gasteiger partial charge < -0.3 is 10.2 Å². The average Bonchev–Trinajstić information content (AvgIpc) is 3.26. The lowest BCUT2D eigenvalue weighted by atomic mass is 9.91. The number of nitrogens with zero attached hydrogens (tertiary/aromatic N) is 3. The van der Waals surface area contributed by atoms with Gasteiger partial charge in [-0.15, -0.1) is 22.7 Å². The van der Waals surface area contributed by atoms with Crippen LogP contribution in [-0.4, -0.2) is 35.5 Å². The van der Waals surface area contributed by atoms with Crippen LogP contribution in [0.5, 0.6) is 0 Å². The Bertz CT molecular complexity index is 696. The number of amides is 1. The molecule has 2 aromatic heterocycles. The first-order valence-corrected chi connectivity index (χ1v) is 10.1. The van der Waals surface area contributed by atoms with Crippen molar-refractivity contribution in [1.29, 1.82) is 0 Å². The summed E-state index contributed by atoms with van der Waals surface area (Å²) in [6.45, 7) is 9.06. The van der Waals surface area contributed by atoms with Crippen LogP contribution in [0.25, 0.3) is 0 Å². The molecule has 1 aliphatic rings. The van der Waals surface area contributed by atoms with Crippen molar-refractivity contribution in [2.45, 2.75) is 45.4 Å². The summed E-state index contributed by atoms with van der Waals surface area (Å²) in [7, 11) is 0. The molecule has 0 aliphatic carbocycles. The predicted molar refractivity (Wildman–Crippen MR) is 100 cm³/mol. The number of carbonyl (C=O) groups excluding carboxylic acids is 1. The summed E-state index contributed by atoms with van der Waals surface area (Å²) in [5.74, 6) is -0.0302. The number of hydrogen-bond acceptors (Lipinski definition) is 6. The van der Waals surface area contributed by atoms with Gasteiger partial charge in [-0.2, -0.15) is 0 Å². The summed E-state index contributed by atoms with van der Waals surface area (Å²) in [6, 6.07) is 0. The van der Waals surface area contributed by atoms with Crippen LogP contribution in [-0.2, 0) is 11.8 Å². The molecule has 3 rings (SSSR count). The largest absolute Gasteiger partial charge is 0.351 e. The van der Waals surface area contributed by atoms with Crippen LogP contribution >= 0.6 is 22.7 Å². The molecule has 1 amide bonds. The highest BCUT2D eigenvalue weighted by Gasteiger charge is 2.24. The Morgan fingerprint density at radius 3 is 2.75 bits per heavy atom. The normalized spacial score (nSPS) is 15.0. The van der Waals surface area contributed by atoms with Crippen LogP contribution in [0.4, 0.5) is 5.13 Å². The van der Waals surface area contributed by atoms with E-state index in [0.717, 1.165) is 40.9 Å². The van der Waals surface area contributed by atoms with E-state index in [0.29, 0.717) is 6.54 Å². The molecule has 3 heterocycles. The van der Waals surface area contributed by atoms with Gasteiger partial charge in [0.05, 0.1) is 16.9 Å². The van der Waals surface area contributed by atoms with E-state index in [4.69, 9.17) is 4.98 Å². The smallest absolute Gasteiger partial charge is 0.263 e. The van der Waals surface area contributed by atoms with Crippen LogP contribution in [0.2, 0.25) is 0 Å². The molecule has 2 aromatic rings. The van der Waals surface area contributed by atoms with Gasteiger partial charge >= 0.3 is 0 Å². The SMILES string of the molecule is CC(C)(C)c1ncsc1C(=O)NCCc1csc(N2CCCC2)n1. The van der Waals surface area contributed by atoms with Crippen molar-refractivity contribution in [1.82, 2.24) is 15.3 Å². The molecule has 0 spiro atoms. The number of anilines is 1. The lowest BCUT2D eigenvalue weighted by Crippen LogP contribution is -2.28. The zero-order valence-electron chi connectivity index (χ0n) is 14.5. The van der Waals surface area contributed by atoms with Gasteiger partial charge in [0.1, 0.15) is 4.88 Å². The third-order valence-electron chi connectivity index (χ3n) is 4.07. The minimum atomic E-state index is -0.119. The molecule has 1 aliphatic heterocycles. The Hall–Kier alpha value is -1.47. The van der Waals surface area contributed by atoms with Crippen LogP contribution in [0.15, 0.2) is 10.9 Å². The Labute approximate surface area is 151 Å². The zero-order chi connectivity index (χ0) is 17.2. The average molecular weight is 365 g/mol. The first kappa shape index (κ1) is 17.4. The fourth-order valence-electron chi connectivity index (χ4n) is 2.79. The number of nitrogens with one attached hydrogen (secondary N) is 1. The van der Waals surface area contributed by atoms with Gasteiger partial charge in [-0.25, -0.2) is 9.97 Å². The molecule has 0 bridgehead atoms. The fraction of sp³-hybridized carbons (Fsp3) is 0.588. The number of hydrogen-bond donors (Lipinski definition) is 1. The highest BCUT2D eigenvalue weighted by atomic mass is 32.1. The molecular weight excluding hydrogens is 340 g/mol. The molecule has 24 heavy (non-hydrogen) atoms. The van der Waals surface area contributed by atoms with Gasteiger partial charge in [0, 0.05) is 36.9 Å². The van der Waals surface area contributed by atoms with Crippen molar-refractivity contribution >= 4 is 33.7 Å². The molecule has 1 saturated heterocycles. The Balaban J connectivity index is 1.53. The van der Waals surface area contributed by atoms with E-state index in [1.54, 1.807) is 16.8 Å². The molecule has 0 unspecified atom stereocenters. The second-order valence-corrected chi connectivity index (χ2v) is 8.79. The number of thiazole rings is 2. The van der Waals surface area contributed by atoms with Crippen molar-refractivity contribution < 1.29 is 4.79 Å². The topological polar surface area (TPSA) is 58.1 Å². The van der Waals surface area contributed by atoms with Gasteiger partial charge in [-0.1, -0.05) is 20.8 Å². The molecule has 1 N–H and O–H groups in total. The van der Waals surface area contributed by atoms with Crippen LogP contribution < -0.4 is 10.2 Å². The lowest BCUT2D eigenvalue weighted by Gasteiger charge is -2.17. The van der Waals surface area contributed by atoms with E-state index in [2.05, 4.69) is 41.4 Å². The van der Waals surface area contributed by atoms with E-state index in [1.165, 1.54) is 24.2 Å².